The maximum absolute atomic E-state index is 12.8. The molecule has 2 saturated heterocycles. The van der Waals surface area contributed by atoms with Crippen LogP contribution < -0.4 is 4.90 Å². The minimum Gasteiger partial charge on any atom is -0.341 e. The van der Waals surface area contributed by atoms with Crippen LogP contribution in [0.5, 0.6) is 0 Å². The van der Waals surface area contributed by atoms with Crippen LogP contribution in [0, 0.1) is 5.41 Å². The van der Waals surface area contributed by atoms with Crippen LogP contribution in [0.25, 0.3) is 0 Å². The second-order valence-corrected chi connectivity index (χ2v) is 10.9. The number of rotatable bonds is 1. The summed E-state index contributed by atoms with van der Waals surface area (Å²) in [5.74, 6) is 0.415. The van der Waals surface area contributed by atoms with Crippen LogP contribution in [0.3, 0.4) is 0 Å². The zero-order chi connectivity index (χ0) is 18.7. The predicted molar refractivity (Wildman–Crippen MR) is 98.7 cm³/mol. The lowest BCUT2D eigenvalue weighted by Gasteiger charge is -2.27. The average Bonchev–Trinajstić information content (AvgIpc) is 3.23. The van der Waals surface area contributed by atoms with E-state index in [1.165, 1.54) is 0 Å². The highest BCUT2D eigenvalue weighted by atomic mass is 32.2. The van der Waals surface area contributed by atoms with E-state index in [9.17, 15) is 13.2 Å². The molecule has 8 heteroatoms. The molecular weight excluding hydrogens is 352 g/mol. The zero-order valence-electron chi connectivity index (χ0n) is 15.6. The van der Waals surface area contributed by atoms with Crippen molar-refractivity contribution >= 4 is 21.7 Å². The van der Waals surface area contributed by atoms with Crippen molar-refractivity contribution in [1.29, 1.82) is 0 Å². The van der Waals surface area contributed by atoms with E-state index in [-0.39, 0.29) is 24.1 Å². The Morgan fingerprint density at radius 1 is 1.19 bits per heavy atom. The van der Waals surface area contributed by atoms with Gasteiger partial charge in [-0.15, -0.1) is 0 Å². The van der Waals surface area contributed by atoms with E-state index in [0.29, 0.717) is 18.1 Å². The lowest BCUT2D eigenvalue weighted by molar-refractivity contribution is -0.138. The minimum absolute atomic E-state index is 0.00234. The number of hydrogen-bond donors (Lipinski definition) is 0. The van der Waals surface area contributed by atoms with E-state index in [4.69, 9.17) is 4.98 Å². The molecule has 2 fully saturated rings. The van der Waals surface area contributed by atoms with Crippen molar-refractivity contribution in [1.82, 2.24) is 14.9 Å². The highest BCUT2D eigenvalue weighted by molar-refractivity contribution is 7.91. The second kappa shape index (κ2) is 5.90. The van der Waals surface area contributed by atoms with Gasteiger partial charge in [-0.2, -0.15) is 0 Å². The van der Waals surface area contributed by atoms with Gasteiger partial charge in [0.2, 0.25) is 11.9 Å². The highest BCUT2D eigenvalue weighted by Gasteiger charge is 2.49. The van der Waals surface area contributed by atoms with Crippen LogP contribution in [0.1, 0.15) is 50.8 Å². The molecule has 3 aliphatic heterocycles. The molecule has 0 spiro atoms. The Labute approximate surface area is 154 Å². The number of amides is 1. The molecule has 0 saturated carbocycles. The molecule has 0 aliphatic carbocycles. The number of nitrogens with zero attached hydrogens (tertiary/aromatic N) is 4. The molecule has 26 heavy (non-hydrogen) atoms. The maximum Gasteiger partial charge on any atom is 0.228 e. The van der Waals surface area contributed by atoms with Gasteiger partial charge >= 0.3 is 0 Å². The summed E-state index contributed by atoms with van der Waals surface area (Å²) in [5, 5.41) is -0.553. The summed E-state index contributed by atoms with van der Waals surface area (Å²) < 4.78 is 25.6. The second-order valence-electron chi connectivity index (χ2n) is 8.69. The molecule has 0 aromatic carbocycles. The fourth-order valence-corrected chi connectivity index (χ4v) is 6.27. The van der Waals surface area contributed by atoms with Gasteiger partial charge in [-0.3, -0.25) is 4.79 Å². The number of carbonyl (C=O) groups excluding carboxylic acids is 1. The first-order valence-corrected chi connectivity index (χ1v) is 11.0. The molecule has 0 unspecified atom stereocenters. The molecule has 1 amide bonds. The largest absolute Gasteiger partial charge is 0.341 e. The quantitative estimate of drug-likeness (QED) is 0.733. The van der Waals surface area contributed by atoms with Gasteiger partial charge in [0.1, 0.15) is 0 Å². The third-order valence-corrected chi connectivity index (χ3v) is 7.75. The lowest BCUT2D eigenvalue weighted by atomic mass is 9.95. The van der Waals surface area contributed by atoms with Crippen molar-refractivity contribution in [3.05, 3.63) is 17.5 Å². The first-order valence-electron chi connectivity index (χ1n) is 9.28. The number of carbonyl (C=O) groups is 1. The van der Waals surface area contributed by atoms with Crippen molar-refractivity contribution in [3.8, 4) is 0 Å². The smallest absolute Gasteiger partial charge is 0.228 e. The molecule has 0 bridgehead atoms. The van der Waals surface area contributed by atoms with E-state index >= 15 is 0 Å². The topological polar surface area (TPSA) is 83.5 Å². The van der Waals surface area contributed by atoms with Crippen molar-refractivity contribution in [2.24, 2.45) is 5.41 Å². The van der Waals surface area contributed by atoms with Gasteiger partial charge < -0.3 is 9.80 Å². The Balaban J connectivity index is 1.70. The Hall–Kier alpha value is -1.70. The Bertz CT molecular complexity index is 840. The van der Waals surface area contributed by atoms with Crippen LogP contribution in [0.4, 0.5) is 5.95 Å². The van der Waals surface area contributed by atoms with Gasteiger partial charge in [0.25, 0.3) is 0 Å². The molecule has 4 heterocycles. The van der Waals surface area contributed by atoms with Gasteiger partial charge in [-0.1, -0.05) is 20.8 Å². The fraction of sp³-hybridized carbons (Fsp3) is 0.722. The number of hydrogen-bond acceptors (Lipinski definition) is 6. The number of fused-ring (bicyclic) bond motifs is 3. The van der Waals surface area contributed by atoms with E-state index in [1.807, 2.05) is 20.8 Å². The standard InChI is InChI=1S/C18H26N4O3S/c1-18(2,3)16(23)22-9-13-14(10-22)26(24,25)11-12-8-19-17(20-15(12)13)21-6-4-5-7-21/h8,13-14H,4-7,9-11H2,1-3H3/t13-,14+/m1/s1. The number of sulfone groups is 1. The van der Waals surface area contributed by atoms with Crippen LogP contribution >= 0.6 is 0 Å². The third-order valence-electron chi connectivity index (χ3n) is 5.64. The fourth-order valence-electron chi connectivity index (χ4n) is 4.28. The van der Waals surface area contributed by atoms with E-state index < -0.39 is 20.5 Å². The summed E-state index contributed by atoms with van der Waals surface area (Å²) in [7, 11) is -3.31. The van der Waals surface area contributed by atoms with Gasteiger partial charge in [0.15, 0.2) is 9.84 Å². The van der Waals surface area contributed by atoms with Crippen molar-refractivity contribution in [3.63, 3.8) is 0 Å². The highest BCUT2D eigenvalue weighted by Crippen LogP contribution is 2.40. The van der Waals surface area contributed by atoms with Gasteiger partial charge in [-0.05, 0) is 12.8 Å². The third kappa shape index (κ3) is 2.88. The number of aromatic nitrogens is 2. The summed E-state index contributed by atoms with van der Waals surface area (Å²) in [6.45, 7) is 8.18. The van der Waals surface area contributed by atoms with Crippen LogP contribution in [0.15, 0.2) is 6.20 Å². The Morgan fingerprint density at radius 2 is 1.88 bits per heavy atom. The number of likely N-dealkylation sites (tertiary alicyclic amines) is 1. The van der Waals surface area contributed by atoms with Crippen LogP contribution in [0.2, 0.25) is 0 Å². The SMILES string of the molecule is CC(C)(C)C(=O)N1C[C@H]2c3nc(N4CCCC4)ncc3CS(=O)(=O)[C@H]2C1. The van der Waals surface area contributed by atoms with E-state index in [2.05, 4.69) is 9.88 Å². The normalized spacial score (nSPS) is 27.3. The first-order chi connectivity index (χ1) is 12.2. The van der Waals surface area contributed by atoms with Crippen molar-refractivity contribution < 1.29 is 13.2 Å². The summed E-state index contributed by atoms with van der Waals surface area (Å²) in [6.07, 6.45) is 3.95. The summed E-state index contributed by atoms with van der Waals surface area (Å²) in [4.78, 5) is 25.8. The molecule has 7 nitrogen and oxygen atoms in total. The molecule has 0 radical (unpaired) electrons. The number of anilines is 1. The molecule has 3 aliphatic rings. The van der Waals surface area contributed by atoms with Gasteiger partial charge in [0, 0.05) is 49.3 Å². The van der Waals surface area contributed by atoms with Crippen molar-refractivity contribution in [2.45, 2.75) is 50.5 Å². The lowest BCUT2D eigenvalue weighted by Crippen LogP contribution is -2.39. The van der Waals surface area contributed by atoms with Crippen molar-refractivity contribution in [2.75, 3.05) is 31.1 Å². The summed E-state index contributed by atoms with van der Waals surface area (Å²) in [6, 6.07) is 0. The molecule has 1 aromatic rings. The molecular formula is C18H26N4O3S. The summed E-state index contributed by atoms with van der Waals surface area (Å²) >= 11 is 0. The molecule has 1 aromatic heterocycles. The van der Waals surface area contributed by atoms with E-state index in [0.717, 1.165) is 31.6 Å². The predicted octanol–water partition coefficient (Wildman–Crippen LogP) is 1.35. The molecule has 0 N–H and O–H groups in total. The average molecular weight is 378 g/mol. The molecule has 2 atom stereocenters. The minimum atomic E-state index is -3.31. The summed E-state index contributed by atoms with van der Waals surface area (Å²) in [5.41, 5.74) is 0.997. The van der Waals surface area contributed by atoms with Gasteiger partial charge in [-0.25, -0.2) is 18.4 Å². The first kappa shape index (κ1) is 17.7. The Morgan fingerprint density at radius 3 is 2.54 bits per heavy atom. The van der Waals surface area contributed by atoms with E-state index in [1.54, 1.807) is 11.1 Å². The molecule has 4 rings (SSSR count). The monoisotopic (exact) mass is 378 g/mol. The Kier molecular flexibility index (Phi) is 4.02. The zero-order valence-corrected chi connectivity index (χ0v) is 16.4. The van der Waals surface area contributed by atoms with Crippen LogP contribution in [-0.2, 0) is 20.4 Å². The van der Waals surface area contributed by atoms with Gasteiger partial charge in [0.05, 0.1) is 16.7 Å². The molecule has 142 valence electrons. The maximum atomic E-state index is 12.8. The van der Waals surface area contributed by atoms with Crippen LogP contribution in [-0.4, -0.2) is 60.6 Å².